The van der Waals surface area contributed by atoms with E-state index >= 15 is 0 Å². The molecule has 0 aliphatic carbocycles. The summed E-state index contributed by atoms with van der Waals surface area (Å²) in [5, 5.41) is 23.7. The maximum absolute atomic E-state index is 13.2. The minimum Gasteiger partial charge on any atom is -0.462 e. The minimum atomic E-state index is -0.797. The predicted octanol–water partition coefficient (Wildman–Crippen LogP) is 16.2. The van der Waals surface area contributed by atoms with Crippen LogP contribution in [0.4, 0.5) is 0 Å². The molecule has 0 aliphatic heterocycles. The third kappa shape index (κ3) is 45.7. The van der Waals surface area contributed by atoms with E-state index in [1.165, 1.54) is 103 Å². The van der Waals surface area contributed by atoms with Gasteiger partial charge in [-0.25, -0.2) is 0 Å². The normalized spacial score (nSPS) is 13.8. The summed E-state index contributed by atoms with van der Waals surface area (Å²) in [6.07, 6.45) is 63.9. The zero-order valence-corrected chi connectivity index (χ0v) is 41.4. The summed E-state index contributed by atoms with van der Waals surface area (Å²) in [6.45, 7) is 6.35. The van der Waals surface area contributed by atoms with Gasteiger partial charge in [0.25, 0.3) is 0 Å². The minimum absolute atomic E-state index is 0.0562. The first-order valence-corrected chi connectivity index (χ1v) is 26.7. The average molecular weight is 880 g/mol. The number of hydrogen-bond acceptors (Lipinski definition) is 5. The lowest BCUT2D eigenvalue weighted by Gasteiger charge is -2.24. The molecule has 0 aliphatic rings. The molecule has 3 unspecified atom stereocenters. The zero-order valence-electron chi connectivity index (χ0n) is 41.4. The molecule has 0 aromatic rings. The second kappa shape index (κ2) is 50.3. The number of nitrogens with one attached hydrogen (secondary N) is 1. The first-order chi connectivity index (χ1) is 31.0. The predicted molar refractivity (Wildman–Crippen MR) is 273 cm³/mol. The van der Waals surface area contributed by atoms with Gasteiger partial charge in [-0.05, 0) is 96.3 Å². The number of hydrogen-bond donors (Lipinski definition) is 3. The van der Waals surface area contributed by atoms with E-state index in [9.17, 15) is 19.8 Å². The van der Waals surface area contributed by atoms with E-state index in [4.69, 9.17) is 4.74 Å². The Balaban J connectivity index is 4.65. The van der Waals surface area contributed by atoms with E-state index in [-0.39, 0.29) is 24.9 Å². The fourth-order valence-corrected chi connectivity index (χ4v) is 7.75. The summed E-state index contributed by atoms with van der Waals surface area (Å²) in [5.41, 5.74) is 0. The van der Waals surface area contributed by atoms with Crippen LogP contribution in [0.1, 0.15) is 252 Å². The molecule has 0 spiro atoms. The number of amides is 1. The molecular formula is C57H101NO5. The SMILES string of the molecule is CC/C=C\C/C=C\C/C=C\C/C=C\C/C=C\CCCCCC(=O)OC(CCCCCCC/C=C/CCCCCCCC)CC(=O)NC(CO)C(O)CCCCCCCCCCCC. The molecule has 0 aromatic heterocycles. The van der Waals surface area contributed by atoms with Crippen molar-refractivity contribution in [1.29, 1.82) is 0 Å². The lowest BCUT2D eigenvalue weighted by molar-refractivity contribution is -0.151. The molecule has 0 fully saturated rings. The number of aliphatic hydroxyl groups is 2. The Morgan fingerprint density at radius 2 is 0.857 bits per heavy atom. The van der Waals surface area contributed by atoms with Crippen LogP contribution in [0.3, 0.4) is 0 Å². The zero-order chi connectivity index (χ0) is 45.9. The highest BCUT2D eigenvalue weighted by Gasteiger charge is 2.24. The topological polar surface area (TPSA) is 95.9 Å². The molecular weight excluding hydrogens is 779 g/mol. The molecule has 63 heavy (non-hydrogen) atoms. The van der Waals surface area contributed by atoms with Gasteiger partial charge in [0.2, 0.25) is 5.91 Å². The lowest BCUT2D eigenvalue weighted by Crippen LogP contribution is -2.46. The summed E-state index contributed by atoms with van der Waals surface area (Å²) in [6, 6.07) is -0.713. The van der Waals surface area contributed by atoms with Crippen molar-refractivity contribution in [1.82, 2.24) is 5.32 Å². The smallest absolute Gasteiger partial charge is 0.306 e. The van der Waals surface area contributed by atoms with Crippen LogP contribution in [0.25, 0.3) is 0 Å². The Kier molecular flexibility index (Phi) is 48.1. The van der Waals surface area contributed by atoms with Crippen molar-refractivity contribution in [3.8, 4) is 0 Å². The third-order valence-electron chi connectivity index (χ3n) is 11.8. The Bertz CT molecular complexity index is 1170. The first-order valence-electron chi connectivity index (χ1n) is 26.7. The van der Waals surface area contributed by atoms with E-state index in [1.807, 2.05) is 0 Å². The summed E-state index contributed by atoms with van der Waals surface area (Å²) in [7, 11) is 0. The van der Waals surface area contributed by atoms with Crippen molar-refractivity contribution >= 4 is 11.9 Å². The van der Waals surface area contributed by atoms with Crippen LogP contribution in [0.5, 0.6) is 0 Å². The number of carbonyl (C=O) groups excluding carboxylic acids is 2. The van der Waals surface area contributed by atoms with Crippen molar-refractivity contribution < 1.29 is 24.5 Å². The van der Waals surface area contributed by atoms with Gasteiger partial charge in [-0.2, -0.15) is 0 Å². The Hall–Kier alpha value is -2.70. The van der Waals surface area contributed by atoms with Crippen molar-refractivity contribution in [3.05, 3.63) is 72.9 Å². The highest BCUT2D eigenvalue weighted by Crippen LogP contribution is 2.17. The summed E-state index contributed by atoms with van der Waals surface area (Å²) >= 11 is 0. The number of rotatable bonds is 47. The summed E-state index contributed by atoms with van der Waals surface area (Å²) in [4.78, 5) is 26.2. The fourth-order valence-electron chi connectivity index (χ4n) is 7.75. The number of esters is 1. The largest absolute Gasteiger partial charge is 0.462 e. The van der Waals surface area contributed by atoms with Gasteiger partial charge in [0.15, 0.2) is 0 Å². The molecule has 364 valence electrons. The quantitative estimate of drug-likeness (QED) is 0.0321. The second-order valence-electron chi connectivity index (χ2n) is 17.9. The Morgan fingerprint density at radius 3 is 1.32 bits per heavy atom. The maximum atomic E-state index is 13.2. The van der Waals surface area contributed by atoms with Crippen molar-refractivity contribution in [2.45, 2.75) is 270 Å². The van der Waals surface area contributed by atoms with Gasteiger partial charge in [-0.3, -0.25) is 9.59 Å². The molecule has 6 heteroatoms. The summed E-state index contributed by atoms with van der Waals surface area (Å²) in [5.74, 6) is -0.520. The number of aliphatic hydroxyl groups excluding tert-OH is 2. The van der Waals surface area contributed by atoms with Gasteiger partial charge in [0.05, 0.1) is 25.2 Å². The molecule has 0 bridgehead atoms. The van der Waals surface area contributed by atoms with Crippen LogP contribution in [-0.2, 0) is 14.3 Å². The van der Waals surface area contributed by atoms with Crippen molar-refractivity contribution in [3.63, 3.8) is 0 Å². The monoisotopic (exact) mass is 880 g/mol. The van der Waals surface area contributed by atoms with Crippen LogP contribution in [0.2, 0.25) is 0 Å². The number of allylic oxidation sites excluding steroid dienone is 12. The van der Waals surface area contributed by atoms with Crippen LogP contribution in [0, 0.1) is 0 Å². The molecule has 0 radical (unpaired) electrons. The standard InChI is InChI=1S/C57H101NO5/c1-4-7-10-13-16-19-22-24-26-27-28-29-31-33-35-38-41-44-47-50-57(62)63-53(48-45-42-39-36-34-32-30-25-23-20-17-14-11-8-5-2)51-56(61)58-54(52-59)55(60)49-46-43-40-37-21-18-15-12-9-6-3/h7,10,16,19,24-26,28-30,33,35,53-55,59-60H,4-6,8-9,11-15,17-18,20-23,27,31-32,34,36-52H2,1-3H3,(H,58,61)/b10-7-,19-16-,26-24-,29-28-,30-25+,35-33-. The van der Waals surface area contributed by atoms with Gasteiger partial charge < -0.3 is 20.3 Å². The first kappa shape index (κ1) is 60.3. The molecule has 3 atom stereocenters. The average Bonchev–Trinajstić information content (AvgIpc) is 3.28. The van der Waals surface area contributed by atoms with E-state index < -0.39 is 18.2 Å². The molecule has 0 rings (SSSR count). The molecule has 0 saturated carbocycles. The highest BCUT2D eigenvalue weighted by atomic mass is 16.5. The number of unbranched alkanes of at least 4 members (excludes halogenated alkanes) is 23. The van der Waals surface area contributed by atoms with E-state index in [0.29, 0.717) is 19.3 Å². The van der Waals surface area contributed by atoms with Crippen LogP contribution < -0.4 is 5.32 Å². The van der Waals surface area contributed by atoms with Gasteiger partial charge in [0.1, 0.15) is 6.10 Å². The van der Waals surface area contributed by atoms with Gasteiger partial charge in [-0.15, -0.1) is 0 Å². The van der Waals surface area contributed by atoms with E-state index in [2.05, 4.69) is 99.0 Å². The Morgan fingerprint density at radius 1 is 0.476 bits per heavy atom. The highest BCUT2D eigenvalue weighted by molar-refractivity contribution is 5.77. The van der Waals surface area contributed by atoms with Crippen LogP contribution in [0.15, 0.2) is 72.9 Å². The molecule has 0 aromatic carbocycles. The van der Waals surface area contributed by atoms with Crippen molar-refractivity contribution in [2.24, 2.45) is 0 Å². The molecule has 3 N–H and O–H groups in total. The fraction of sp³-hybridized carbons (Fsp3) is 0.754. The second-order valence-corrected chi connectivity index (χ2v) is 17.9. The van der Waals surface area contributed by atoms with Crippen molar-refractivity contribution in [2.75, 3.05) is 6.61 Å². The molecule has 0 heterocycles. The van der Waals surface area contributed by atoms with Crippen LogP contribution >= 0.6 is 0 Å². The Labute approximate surface area is 390 Å². The van der Waals surface area contributed by atoms with Gasteiger partial charge in [0, 0.05) is 6.42 Å². The molecule has 6 nitrogen and oxygen atoms in total. The molecule has 0 saturated heterocycles. The number of carbonyl (C=O) groups is 2. The van der Waals surface area contributed by atoms with Gasteiger partial charge in [-0.1, -0.05) is 216 Å². The lowest BCUT2D eigenvalue weighted by atomic mass is 10.0. The van der Waals surface area contributed by atoms with Crippen LogP contribution in [-0.4, -0.2) is 46.9 Å². The van der Waals surface area contributed by atoms with Gasteiger partial charge >= 0.3 is 5.97 Å². The van der Waals surface area contributed by atoms with E-state index in [1.54, 1.807) is 0 Å². The summed E-state index contributed by atoms with van der Waals surface area (Å²) < 4.78 is 5.93. The molecule has 1 amide bonds. The maximum Gasteiger partial charge on any atom is 0.306 e. The van der Waals surface area contributed by atoms with E-state index in [0.717, 1.165) is 103 Å². The number of ether oxygens (including phenoxy) is 1. The third-order valence-corrected chi connectivity index (χ3v) is 11.8.